The van der Waals surface area contributed by atoms with Gasteiger partial charge in [-0.05, 0) is 24.6 Å². The van der Waals surface area contributed by atoms with E-state index in [1.54, 1.807) is 6.26 Å². The minimum Gasteiger partial charge on any atom is -0.352 e. The molecule has 0 spiro atoms. The van der Waals surface area contributed by atoms with Gasteiger partial charge in [0.15, 0.2) is 0 Å². The number of carbonyl (C=O) groups is 1. The lowest BCUT2D eigenvalue weighted by molar-refractivity contribution is 0.0952. The molecule has 114 valence electrons. The summed E-state index contributed by atoms with van der Waals surface area (Å²) in [5.74, 6) is 4.49. The van der Waals surface area contributed by atoms with Crippen molar-refractivity contribution in [3.63, 3.8) is 0 Å². The van der Waals surface area contributed by atoms with Crippen molar-refractivity contribution in [1.82, 2.24) is 5.32 Å². The third-order valence-electron chi connectivity index (χ3n) is 2.95. The molecule has 1 aromatic carbocycles. The lowest BCUT2D eigenvalue weighted by Crippen LogP contribution is -2.28. The summed E-state index contributed by atoms with van der Waals surface area (Å²) in [7, 11) is -0.929. The average Bonchev–Trinajstić information content (AvgIpc) is 2.45. The van der Waals surface area contributed by atoms with Crippen molar-refractivity contribution in [2.24, 2.45) is 5.73 Å². The van der Waals surface area contributed by atoms with Crippen LogP contribution in [-0.4, -0.2) is 34.7 Å². The summed E-state index contributed by atoms with van der Waals surface area (Å²) in [6.45, 7) is 2.39. The third kappa shape index (κ3) is 5.66. The Hall–Kier alpha value is -1.71. The van der Waals surface area contributed by atoms with E-state index in [-0.39, 0.29) is 17.4 Å². The van der Waals surface area contributed by atoms with E-state index in [0.717, 1.165) is 6.07 Å². The summed E-state index contributed by atoms with van der Waals surface area (Å²) in [4.78, 5) is 12.1. The van der Waals surface area contributed by atoms with Gasteiger partial charge in [0.1, 0.15) is 5.82 Å². The van der Waals surface area contributed by atoms with Crippen LogP contribution in [0, 0.1) is 17.7 Å². The van der Waals surface area contributed by atoms with Crippen molar-refractivity contribution < 1.29 is 13.4 Å². The summed E-state index contributed by atoms with van der Waals surface area (Å²) in [6, 6.07) is 3.85. The lowest BCUT2D eigenvalue weighted by atomic mass is 10.1. The number of nitrogens with two attached hydrogens (primary N) is 1. The highest BCUT2D eigenvalue weighted by molar-refractivity contribution is 7.84. The van der Waals surface area contributed by atoms with Crippen LogP contribution in [0.2, 0.25) is 0 Å². The molecule has 2 atom stereocenters. The van der Waals surface area contributed by atoms with E-state index < -0.39 is 22.5 Å². The summed E-state index contributed by atoms with van der Waals surface area (Å²) in [5.41, 5.74) is 5.92. The molecule has 0 aromatic heterocycles. The van der Waals surface area contributed by atoms with Gasteiger partial charge in [-0.15, -0.1) is 0 Å². The molecule has 1 rings (SSSR count). The Bertz CT molecular complexity index is 593. The second-order valence-corrected chi connectivity index (χ2v) is 6.35. The zero-order valence-electron chi connectivity index (χ0n) is 12.1. The molecule has 0 saturated carbocycles. The van der Waals surface area contributed by atoms with E-state index >= 15 is 0 Å². The summed E-state index contributed by atoms with van der Waals surface area (Å²) in [6.07, 6.45) is 2.22. The van der Waals surface area contributed by atoms with Gasteiger partial charge in [-0.1, -0.05) is 18.8 Å². The highest BCUT2D eigenvalue weighted by Crippen LogP contribution is 2.10. The van der Waals surface area contributed by atoms with Gasteiger partial charge < -0.3 is 11.1 Å². The Kier molecular flexibility index (Phi) is 7.06. The monoisotopic (exact) mass is 310 g/mol. The van der Waals surface area contributed by atoms with E-state index in [4.69, 9.17) is 5.73 Å². The van der Waals surface area contributed by atoms with Crippen molar-refractivity contribution >= 4 is 16.7 Å². The van der Waals surface area contributed by atoms with Gasteiger partial charge in [0.25, 0.3) is 5.91 Å². The van der Waals surface area contributed by atoms with Gasteiger partial charge in [-0.25, -0.2) is 4.39 Å². The van der Waals surface area contributed by atoms with E-state index in [9.17, 15) is 13.4 Å². The fourth-order valence-electron chi connectivity index (χ4n) is 1.61. The number of rotatable bonds is 5. The molecule has 0 fully saturated rings. The number of amides is 1. The standard InChI is InChI=1S/C15H19FN2O2S/c1-11(21(2)20)7-9-18-15(19)14-10-13(16)6-5-12(14)4-3-8-17/h5-6,10-11H,7-9,17H2,1-2H3,(H,18,19). The predicted octanol–water partition coefficient (Wildman–Crippen LogP) is 1.02. The normalized spacial score (nSPS) is 13.0. The Morgan fingerprint density at radius 1 is 1.52 bits per heavy atom. The zero-order valence-corrected chi connectivity index (χ0v) is 12.9. The molecule has 3 N–H and O–H groups in total. The van der Waals surface area contributed by atoms with Crippen LogP contribution >= 0.6 is 0 Å². The second kappa shape index (κ2) is 8.55. The first-order valence-electron chi connectivity index (χ1n) is 6.54. The molecular formula is C15H19FN2O2S. The molecule has 0 saturated heterocycles. The molecule has 1 amide bonds. The summed E-state index contributed by atoms with van der Waals surface area (Å²) in [5, 5.41) is 2.68. The maximum absolute atomic E-state index is 13.3. The molecule has 0 radical (unpaired) electrons. The van der Waals surface area contributed by atoms with E-state index in [1.807, 2.05) is 6.92 Å². The number of hydrogen-bond acceptors (Lipinski definition) is 3. The van der Waals surface area contributed by atoms with Crippen molar-refractivity contribution in [3.8, 4) is 11.8 Å². The molecule has 2 unspecified atom stereocenters. The molecule has 0 aliphatic carbocycles. The van der Waals surface area contributed by atoms with Crippen molar-refractivity contribution in [3.05, 3.63) is 35.1 Å². The van der Waals surface area contributed by atoms with Crippen LogP contribution < -0.4 is 11.1 Å². The number of hydrogen-bond donors (Lipinski definition) is 2. The third-order valence-corrected chi connectivity index (χ3v) is 4.32. The number of nitrogens with one attached hydrogen (secondary N) is 1. The minimum absolute atomic E-state index is 0.00527. The van der Waals surface area contributed by atoms with Crippen molar-refractivity contribution in [2.75, 3.05) is 19.3 Å². The molecule has 21 heavy (non-hydrogen) atoms. The van der Waals surface area contributed by atoms with Gasteiger partial charge in [0, 0.05) is 34.4 Å². The van der Waals surface area contributed by atoms with Crippen LogP contribution in [-0.2, 0) is 10.8 Å². The topological polar surface area (TPSA) is 72.2 Å². The minimum atomic E-state index is -0.929. The van der Waals surface area contributed by atoms with Crippen LogP contribution in [0.5, 0.6) is 0 Å². The molecule has 0 aliphatic heterocycles. The average molecular weight is 310 g/mol. The highest BCUT2D eigenvalue weighted by Gasteiger charge is 2.12. The smallest absolute Gasteiger partial charge is 0.252 e. The molecule has 0 heterocycles. The maximum Gasteiger partial charge on any atom is 0.252 e. The Morgan fingerprint density at radius 3 is 2.86 bits per heavy atom. The second-order valence-electron chi connectivity index (χ2n) is 4.55. The largest absolute Gasteiger partial charge is 0.352 e. The predicted molar refractivity (Wildman–Crippen MR) is 82.8 cm³/mol. The SMILES string of the molecule is CC(CCNC(=O)c1cc(F)ccc1C#CCN)S(C)=O. The molecule has 0 bridgehead atoms. The zero-order chi connectivity index (χ0) is 15.8. The van der Waals surface area contributed by atoms with Crippen molar-refractivity contribution in [2.45, 2.75) is 18.6 Å². The van der Waals surface area contributed by atoms with Crippen LogP contribution in [0.4, 0.5) is 4.39 Å². The Morgan fingerprint density at radius 2 is 2.24 bits per heavy atom. The van der Waals surface area contributed by atoms with Gasteiger partial charge in [0.05, 0.1) is 12.1 Å². The number of benzene rings is 1. The van der Waals surface area contributed by atoms with Crippen LogP contribution in [0.1, 0.15) is 29.3 Å². The quantitative estimate of drug-likeness (QED) is 0.798. The molecular weight excluding hydrogens is 291 g/mol. The fourth-order valence-corrected chi connectivity index (χ4v) is 2.06. The first-order chi connectivity index (χ1) is 9.95. The van der Waals surface area contributed by atoms with Crippen LogP contribution in [0.3, 0.4) is 0 Å². The Balaban J connectivity index is 2.77. The van der Waals surface area contributed by atoms with E-state index in [2.05, 4.69) is 17.2 Å². The van der Waals surface area contributed by atoms with E-state index in [0.29, 0.717) is 18.5 Å². The highest BCUT2D eigenvalue weighted by atomic mass is 32.2. The van der Waals surface area contributed by atoms with Gasteiger partial charge in [-0.3, -0.25) is 9.00 Å². The van der Waals surface area contributed by atoms with Gasteiger partial charge in [-0.2, -0.15) is 0 Å². The van der Waals surface area contributed by atoms with Crippen LogP contribution in [0.15, 0.2) is 18.2 Å². The lowest BCUT2D eigenvalue weighted by Gasteiger charge is -2.10. The fraction of sp³-hybridized carbons (Fsp3) is 0.400. The first-order valence-corrected chi connectivity index (χ1v) is 8.16. The number of halogens is 1. The maximum atomic E-state index is 13.3. The Labute approximate surface area is 126 Å². The first kappa shape index (κ1) is 17.3. The molecule has 4 nitrogen and oxygen atoms in total. The molecule has 0 aliphatic rings. The van der Waals surface area contributed by atoms with Gasteiger partial charge in [0.2, 0.25) is 0 Å². The van der Waals surface area contributed by atoms with Crippen LogP contribution in [0.25, 0.3) is 0 Å². The molecule has 6 heteroatoms. The summed E-state index contributed by atoms with van der Waals surface area (Å²) >= 11 is 0. The van der Waals surface area contributed by atoms with E-state index in [1.165, 1.54) is 12.1 Å². The number of carbonyl (C=O) groups excluding carboxylic acids is 1. The van der Waals surface area contributed by atoms with Crippen molar-refractivity contribution in [1.29, 1.82) is 0 Å². The summed E-state index contributed by atoms with van der Waals surface area (Å²) < 4.78 is 24.5. The molecule has 1 aromatic rings. The van der Waals surface area contributed by atoms with Gasteiger partial charge >= 0.3 is 0 Å².